The van der Waals surface area contributed by atoms with Gasteiger partial charge in [-0.3, -0.25) is 0 Å². The molecule has 4 nitrogen and oxygen atoms in total. The summed E-state index contributed by atoms with van der Waals surface area (Å²) in [6.07, 6.45) is -2.42. The molecule has 2 aliphatic heterocycles. The first kappa shape index (κ1) is 15.3. The lowest BCUT2D eigenvalue weighted by Crippen LogP contribution is -2.44. The van der Waals surface area contributed by atoms with E-state index in [0.717, 1.165) is 23.6 Å². The Hall–Kier alpha value is -2.28. The van der Waals surface area contributed by atoms with Crippen LogP contribution in [0.1, 0.15) is 12.0 Å². The van der Waals surface area contributed by atoms with Crippen molar-refractivity contribution in [3.8, 4) is 0 Å². The van der Waals surface area contributed by atoms with Gasteiger partial charge >= 0.3 is 6.18 Å². The monoisotopic (exact) mass is 335 g/mol. The van der Waals surface area contributed by atoms with Gasteiger partial charge in [0.15, 0.2) is 5.82 Å². The van der Waals surface area contributed by atoms with E-state index in [9.17, 15) is 18.3 Å². The average molecular weight is 335 g/mol. The number of aliphatic hydroxyl groups excluding tert-OH is 1. The van der Waals surface area contributed by atoms with E-state index >= 15 is 0 Å². The molecule has 0 bridgehead atoms. The molecule has 1 fully saturated rings. The maximum Gasteiger partial charge on any atom is 0.416 e. The van der Waals surface area contributed by atoms with Gasteiger partial charge in [-0.15, -0.1) is 0 Å². The minimum Gasteiger partial charge on any atom is -0.391 e. The number of benzene rings is 1. The van der Waals surface area contributed by atoms with Crippen molar-refractivity contribution in [2.24, 2.45) is 0 Å². The predicted octanol–water partition coefficient (Wildman–Crippen LogP) is 3.19. The molecular formula is C17H16F3N3O. The largest absolute Gasteiger partial charge is 0.416 e. The highest BCUT2D eigenvalue weighted by molar-refractivity contribution is 5.77. The number of alkyl halides is 3. The normalized spacial score (nSPS) is 23.2. The van der Waals surface area contributed by atoms with Gasteiger partial charge in [-0.1, -0.05) is 0 Å². The maximum absolute atomic E-state index is 12.8. The lowest BCUT2D eigenvalue weighted by Gasteiger charge is -2.40. The van der Waals surface area contributed by atoms with Crippen LogP contribution in [0.4, 0.5) is 30.4 Å². The molecule has 24 heavy (non-hydrogen) atoms. The number of pyridine rings is 1. The van der Waals surface area contributed by atoms with Crippen molar-refractivity contribution >= 4 is 17.2 Å². The average Bonchev–Trinajstić information content (AvgIpc) is 2.94. The van der Waals surface area contributed by atoms with Crippen LogP contribution in [0.5, 0.6) is 0 Å². The summed E-state index contributed by atoms with van der Waals surface area (Å²) >= 11 is 0. The smallest absolute Gasteiger partial charge is 0.391 e. The van der Waals surface area contributed by atoms with Crippen molar-refractivity contribution < 1.29 is 18.3 Å². The van der Waals surface area contributed by atoms with Gasteiger partial charge in [0.25, 0.3) is 0 Å². The van der Waals surface area contributed by atoms with Gasteiger partial charge in [-0.05, 0) is 42.8 Å². The molecule has 126 valence electrons. The minimum atomic E-state index is -4.34. The van der Waals surface area contributed by atoms with Gasteiger partial charge in [0, 0.05) is 25.0 Å². The summed E-state index contributed by atoms with van der Waals surface area (Å²) in [6, 6.07) is 8.98. The van der Waals surface area contributed by atoms with Crippen LogP contribution in [0, 0.1) is 0 Å². The standard InChI is InChI=1S/C17H16F3N3O/c18-17(19,20)11-3-5-12(6-4-11)22-9-13-8-14(24)10-23(13)16-15(22)2-1-7-21-16/h1-7,13-14,24H,8-10H2/t13-,14+/m1/s1. The van der Waals surface area contributed by atoms with Crippen molar-refractivity contribution in [1.82, 2.24) is 4.98 Å². The third-order valence-corrected chi connectivity index (χ3v) is 4.62. The summed E-state index contributed by atoms with van der Waals surface area (Å²) in [5.41, 5.74) is 0.883. The van der Waals surface area contributed by atoms with Crippen LogP contribution in [-0.2, 0) is 6.18 Å². The van der Waals surface area contributed by atoms with Gasteiger partial charge in [0.2, 0.25) is 0 Å². The third kappa shape index (κ3) is 2.49. The topological polar surface area (TPSA) is 39.6 Å². The molecule has 1 aromatic carbocycles. The number of anilines is 3. The van der Waals surface area contributed by atoms with E-state index < -0.39 is 17.8 Å². The van der Waals surface area contributed by atoms with Gasteiger partial charge in [-0.2, -0.15) is 13.2 Å². The summed E-state index contributed by atoms with van der Waals surface area (Å²) in [7, 11) is 0. The van der Waals surface area contributed by atoms with Crippen molar-refractivity contribution in [2.75, 3.05) is 22.9 Å². The number of halogens is 3. The molecule has 7 heteroatoms. The molecule has 0 spiro atoms. The van der Waals surface area contributed by atoms with Crippen molar-refractivity contribution in [1.29, 1.82) is 0 Å². The molecule has 0 saturated carbocycles. The summed E-state index contributed by atoms with van der Waals surface area (Å²) in [6.45, 7) is 1.15. The Bertz CT molecular complexity index is 747. The number of fused-ring (bicyclic) bond motifs is 3. The Morgan fingerprint density at radius 3 is 2.54 bits per heavy atom. The lowest BCUT2D eigenvalue weighted by molar-refractivity contribution is -0.137. The Morgan fingerprint density at radius 2 is 1.83 bits per heavy atom. The van der Waals surface area contributed by atoms with Crippen LogP contribution in [0.3, 0.4) is 0 Å². The quantitative estimate of drug-likeness (QED) is 0.869. The van der Waals surface area contributed by atoms with Gasteiger partial charge in [0.1, 0.15) is 0 Å². The highest BCUT2D eigenvalue weighted by atomic mass is 19.4. The first-order chi connectivity index (χ1) is 11.4. The molecule has 1 aromatic heterocycles. The summed E-state index contributed by atoms with van der Waals surface area (Å²) in [5, 5.41) is 9.96. The van der Waals surface area contributed by atoms with Gasteiger partial charge in [0.05, 0.1) is 23.4 Å². The van der Waals surface area contributed by atoms with Crippen LogP contribution >= 0.6 is 0 Å². The minimum absolute atomic E-state index is 0.102. The van der Waals surface area contributed by atoms with E-state index in [1.54, 1.807) is 6.20 Å². The van der Waals surface area contributed by atoms with E-state index in [2.05, 4.69) is 9.88 Å². The van der Waals surface area contributed by atoms with Gasteiger partial charge in [-0.25, -0.2) is 4.98 Å². The molecule has 0 radical (unpaired) electrons. The number of rotatable bonds is 1. The van der Waals surface area contributed by atoms with Crippen LogP contribution in [0.15, 0.2) is 42.6 Å². The number of hydrogen-bond donors (Lipinski definition) is 1. The number of nitrogens with zero attached hydrogens (tertiary/aromatic N) is 3. The van der Waals surface area contributed by atoms with Crippen LogP contribution in [0.25, 0.3) is 0 Å². The van der Waals surface area contributed by atoms with Crippen LogP contribution < -0.4 is 9.80 Å². The Labute approximate surface area is 137 Å². The van der Waals surface area contributed by atoms with Crippen molar-refractivity contribution in [3.05, 3.63) is 48.2 Å². The van der Waals surface area contributed by atoms with E-state index in [1.807, 2.05) is 17.0 Å². The van der Waals surface area contributed by atoms with Crippen molar-refractivity contribution in [3.63, 3.8) is 0 Å². The molecule has 1 N–H and O–H groups in total. The SMILES string of the molecule is O[C@H]1C[C@@H]2CN(c3ccc(C(F)(F)F)cc3)c3cccnc3N2C1. The predicted molar refractivity (Wildman–Crippen MR) is 84.4 cm³/mol. The fourth-order valence-electron chi connectivity index (χ4n) is 3.53. The lowest BCUT2D eigenvalue weighted by atomic mass is 10.1. The molecule has 4 rings (SSSR count). The molecule has 0 unspecified atom stereocenters. The summed E-state index contributed by atoms with van der Waals surface area (Å²) in [5.74, 6) is 0.769. The second kappa shape index (κ2) is 5.37. The number of aromatic nitrogens is 1. The van der Waals surface area contributed by atoms with Gasteiger partial charge < -0.3 is 14.9 Å². The zero-order valence-electron chi connectivity index (χ0n) is 12.7. The van der Waals surface area contributed by atoms with E-state index in [1.165, 1.54) is 12.1 Å². The second-order valence-electron chi connectivity index (χ2n) is 6.20. The Balaban J connectivity index is 1.72. The van der Waals surface area contributed by atoms with Crippen LogP contribution in [-0.4, -0.2) is 35.3 Å². The fraction of sp³-hybridized carbons (Fsp3) is 0.353. The highest BCUT2D eigenvalue weighted by Gasteiger charge is 2.39. The zero-order valence-corrected chi connectivity index (χ0v) is 12.7. The molecular weight excluding hydrogens is 319 g/mol. The van der Waals surface area contributed by atoms with E-state index in [0.29, 0.717) is 25.2 Å². The Kier molecular flexibility index (Phi) is 3.42. The molecule has 2 aliphatic rings. The number of aliphatic hydroxyl groups is 1. The Morgan fingerprint density at radius 1 is 1.08 bits per heavy atom. The molecule has 3 heterocycles. The summed E-state index contributed by atoms with van der Waals surface area (Å²) < 4.78 is 38.3. The fourth-order valence-corrected chi connectivity index (χ4v) is 3.53. The molecule has 2 aromatic rings. The second-order valence-corrected chi connectivity index (χ2v) is 6.20. The maximum atomic E-state index is 12.8. The molecule has 1 saturated heterocycles. The summed E-state index contributed by atoms with van der Waals surface area (Å²) in [4.78, 5) is 8.48. The van der Waals surface area contributed by atoms with Crippen molar-refractivity contribution in [2.45, 2.75) is 24.7 Å². The first-order valence-electron chi connectivity index (χ1n) is 7.78. The number of hydrogen-bond acceptors (Lipinski definition) is 4. The molecule has 0 amide bonds. The van der Waals surface area contributed by atoms with E-state index in [-0.39, 0.29) is 6.04 Å². The highest BCUT2D eigenvalue weighted by Crippen LogP contribution is 2.41. The molecule has 0 aliphatic carbocycles. The molecule has 2 atom stereocenters. The first-order valence-corrected chi connectivity index (χ1v) is 7.78. The van der Waals surface area contributed by atoms with E-state index in [4.69, 9.17) is 0 Å². The van der Waals surface area contributed by atoms with Crippen LogP contribution in [0.2, 0.25) is 0 Å². The third-order valence-electron chi connectivity index (χ3n) is 4.62. The zero-order chi connectivity index (χ0) is 16.9.